The smallest absolute Gasteiger partial charge is 0.255 e. The van der Waals surface area contributed by atoms with Crippen LogP contribution >= 0.6 is 0 Å². The van der Waals surface area contributed by atoms with Crippen molar-refractivity contribution in [2.75, 3.05) is 39.4 Å². The largest absolute Gasteiger partial charge is 0.379 e. The van der Waals surface area contributed by atoms with E-state index in [1.807, 2.05) is 16.8 Å². The average molecular weight is 420 g/mol. The van der Waals surface area contributed by atoms with E-state index < -0.39 is 0 Å². The number of hydrogen-bond donors (Lipinski definition) is 0. The number of morpholine rings is 1. The monoisotopic (exact) mass is 419 g/mol. The molecule has 2 atom stereocenters. The molecule has 0 aliphatic carbocycles. The Morgan fingerprint density at radius 3 is 2.77 bits per heavy atom. The van der Waals surface area contributed by atoms with Crippen molar-refractivity contribution in [1.82, 2.24) is 24.0 Å². The minimum absolute atomic E-state index is 0.216. The number of hydrogen-bond acceptors (Lipinski definition) is 5. The van der Waals surface area contributed by atoms with Crippen LogP contribution in [0.15, 0.2) is 47.4 Å². The fourth-order valence-corrected chi connectivity index (χ4v) is 5.70. The predicted octanol–water partition coefficient (Wildman–Crippen LogP) is 1.95. The highest BCUT2D eigenvalue weighted by atomic mass is 16.5. The van der Waals surface area contributed by atoms with Crippen molar-refractivity contribution in [3.63, 3.8) is 0 Å². The fraction of sp³-hybridized carbons (Fsp3) is 0.500. The van der Waals surface area contributed by atoms with E-state index in [1.54, 1.807) is 0 Å². The number of fused-ring (bicyclic) bond motifs is 5. The Morgan fingerprint density at radius 1 is 0.968 bits per heavy atom. The molecule has 0 radical (unpaired) electrons. The molecular weight excluding hydrogens is 390 g/mol. The van der Waals surface area contributed by atoms with Crippen molar-refractivity contribution in [2.45, 2.75) is 32.0 Å². The lowest BCUT2D eigenvalue weighted by Gasteiger charge is -2.43. The zero-order valence-corrected chi connectivity index (χ0v) is 17.8. The SMILES string of the molecule is O=c1c(CN2CCOCC2)ccc2n1C[C@H]1C[C@@H]2CN(Cc2cccc3ccnn23)C1. The van der Waals surface area contributed by atoms with Gasteiger partial charge in [0.2, 0.25) is 0 Å². The molecule has 2 saturated heterocycles. The number of aromatic nitrogens is 3. The standard InChI is InChI=1S/C24H29N5O2/c30-24-19(15-26-8-10-31-11-9-26)4-5-23-20-12-18(14-28(23)24)13-27(16-20)17-22-3-1-2-21-6-7-25-29(21)22/h1-7,18,20H,8-17H2/t18-,20+/m0/s1. The van der Waals surface area contributed by atoms with Crippen LogP contribution in [-0.4, -0.2) is 63.4 Å². The number of ether oxygens (including phenoxy) is 1. The molecule has 3 aromatic rings. The normalized spacial score (nSPS) is 24.4. The van der Waals surface area contributed by atoms with E-state index in [2.05, 4.69) is 49.8 Å². The Labute approximate surface area is 181 Å². The molecule has 3 aliphatic heterocycles. The van der Waals surface area contributed by atoms with Crippen LogP contribution in [0, 0.1) is 5.92 Å². The van der Waals surface area contributed by atoms with E-state index in [0.29, 0.717) is 11.8 Å². The van der Waals surface area contributed by atoms with Gasteiger partial charge in [-0.05, 0) is 36.6 Å². The minimum Gasteiger partial charge on any atom is -0.379 e. The highest BCUT2D eigenvalue weighted by Gasteiger charge is 2.35. The second kappa shape index (κ2) is 7.89. The zero-order chi connectivity index (χ0) is 20.8. The van der Waals surface area contributed by atoms with E-state index in [1.165, 1.54) is 17.8 Å². The van der Waals surface area contributed by atoms with Crippen LogP contribution in [0.3, 0.4) is 0 Å². The Morgan fingerprint density at radius 2 is 1.87 bits per heavy atom. The molecule has 3 aromatic heterocycles. The summed E-state index contributed by atoms with van der Waals surface area (Å²) < 4.78 is 9.57. The molecule has 31 heavy (non-hydrogen) atoms. The maximum absolute atomic E-state index is 13.3. The molecule has 0 spiro atoms. The van der Waals surface area contributed by atoms with E-state index >= 15 is 0 Å². The van der Waals surface area contributed by atoms with Crippen LogP contribution in [0.5, 0.6) is 0 Å². The third-order valence-corrected chi connectivity index (χ3v) is 7.14. The van der Waals surface area contributed by atoms with E-state index in [4.69, 9.17) is 4.74 Å². The van der Waals surface area contributed by atoms with Crippen molar-refractivity contribution in [2.24, 2.45) is 5.92 Å². The van der Waals surface area contributed by atoms with Crippen LogP contribution < -0.4 is 5.56 Å². The number of piperidine rings is 1. The quantitative estimate of drug-likeness (QED) is 0.647. The maximum atomic E-state index is 13.3. The number of likely N-dealkylation sites (tertiary alicyclic amines) is 1. The van der Waals surface area contributed by atoms with Gasteiger partial charge in [0.05, 0.1) is 24.4 Å². The number of nitrogens with zero attached hydrogens (tertiary/aromatic N) is 5. The Hall–Kier alpha value is -2.48. The highest BCUT2D eigenvalue weighted by Crippen LogP contribution is 2.35. The Kier molecular flexibility index (Phi) is 4.89. The first-order valence-electron chi connectivity index (χ1n) is 11.4. The minimum atomic E-state index is 0.216. The summed E-state index contributed by atoms with van der Waals surface area (Å²) in [7, 11) is 0. The van der Waals surface area contributed by atoms with Crippen molar-refractivity contribution in [3.05, 3.63) is 69.9 Å². The third kappa shape index (κ3) is 3.60. The molecule has 0 N–H and O–H groups in total. The van der Waals surface area contributed by atoms with Crippen molar-refractivity contribution in [3.8, 4) is 0 Å². The molecule has 162 valence electrons. The van der Waals surface area contributed by atoms with Gasteiger partial charge in [0.15, 0.2) is 0 Å². The molecule has 0 saturated carbocycles. The van der Waals surface area contributed by atoms with Gasteiger partial charge in [0, 0.05) is 69.2 Å². The predicted molar refractivity (Wildman–Crippen MR) is 118 cm³/mol. The summed E-state index contributed by atoms with van der Waals surface area (Å²) in [4.78, 5) is 18.2. The van der Waals surface area contributed by atoms with Crippen molar-refractivity contribution < 1.29 is 4.74 Å². The van der Waals surface area contributed by atoms with E-state index in [9.17, 15) is 4.79 Å². The maximum Gasteiger partial charge on any atom is 0.255 e. The molecule has 7 heteroatoms. The summed E-state index contributed by atoms with van der Waals surface area (Å²) in [6.07, 6.45) is 3.05. The summed E-state index contributed by atoms with van der Waals surface area (Å²) in [6.45, 7) is 7.84. The first kappa shape index (κ1) is 19.2. The van der Waals surface area contributed by atoms with Crippen molar-refractivity contribution in [1.29, 1.82) is 0 Å². The molecule has 0 amide bonds. The van der Waals surface area contributed by atoms with E-state index in [-0.39, 0.29) is 5.56 Å². The average Bonchev–Trinajstić information content (AvgIpc) is 3.27. The molecular formula is C24H29N5O2. The second-order valence-corrected chi connectivity index (χ2v) is 9.27. The van der Waals surface area contributed by atoms with Gasteiger partial charge in [0.25, 0.3) is 5.56 Å². The first-order valence-corrected chi connectivity index (χ1v) is 11.4. The summed E-state index contributed by atoms with van der Waals surface area (Å²) in [5.41, 5.74) is 4.72. The highest BCUT2D eigenvalue weighted by molar-refractivity contribution is 5.46. The van der Waals surface area contributed by atoms with Crippen LogP contribution in [0.2, 0.25) is 0 Å². The molecule has 7 nitrogen and oxygen atoms in total. The van der Waals surface area contributed by atoms with Crippen molar-refractivity contribution >= 4 is 5.52 Å². The van der Waals surface area contributed by atoms with Gasteiger partial charge in [0.1, 0.15) is 0 Å². The third-order valence-electron chi connectivity index (χ3n) is 7.14. The van der Waals surface area contributed by atoms with Gasteiger partial charge in [-0.25, -0.2) is 4.52 Å². The van der Waals surface area contributed by atoms with Gasteiger partial charge < -0.3 is 9.30 Å². The lowest BCUT2D eigenvalue weighted by atomic mass is 9.83. The van der Waals surface area contributed by atoms with E-state index in [0.717, 1.165) is 70.1 Å². The molecule has 6 rings (SSSR count). The van der Waals surface area contributed by atoms with Crippen LogP contribution in [-0.2, 0) is 24.4 Å². The summed E-state index contributed by atoms with van der Waals surface area (Å²) in [5.74, 6) is 0.953. The lowest BCUT2D eigenvalue weighted by molar-refractivity contribution is 0.0338. The number of pyridine rings is 2. The first-order chi connectivity index (χ1) is 15.2. The van der Waals surface area contributed by atoms with Gasteiger partial charge in [-0.1, -0.05) is 12.1 Å². The Bertz CT molecular complexity index is 1150. The Balaban J connectivity index is 1.22. The number of rotatable bonds is 4. The topological polar surface area (TPSA) is 55.0 Å². The second-order valence-electron chi connectivity index (χ2n) is 9.27. The summed E-state index contributed by atoms with van der Waals surface area (Å²) in [6, 6.07) is 12.7. The van der Waals surface area contributed by atoms with Gasteiger partial charge in [-0.15, -0.1) is 0 Å². The zero-order valence-electron chi connectivity index (χ0n) is 17.8. The summed E-state index contributed by atoms with van der Waals surface area (Å²) in [5, 5.41) is 4.49. The fourth-order valence-electron chi connectivity index (χ4n) is 5.70. The lowest BCUT2D eigenvalue weighted by Crippen LogP contribution is -2.47. The molecule has 0 aromatic carbocycles. The molecule has 6 heterocycles. The van der Waals surface area contributed by atoms with Gasteiger partial charge in [-0.2, -0.15) is 5.10 Å². The molecule has 3 aliphatic rings. The van der Waals surface area contributed by atoms with Crippen LogP contribution in [0.25, 0.3) is 5.52 Å². The molecule has 2 bridgehead atoms. The van der Waals surface area contributed by atoms with Crippen LogP contribution in [0.4, 0.5) is 0 Å². The van der Waals surface area contributed by atoms with Crippen LogP contribution in [0.1, 0.15) is 29.3 Å². The molecule has 0 unspecified atom stereocenters. The van der Waals surface area contributed by atoms with Gasteiger partial charge >= 0.3 is 0 Å². The van der Waals surface area contributed by atoms with Gasteiger partial charge in [-0.3, -0.25) is 14.6 Å². The molecule has 2 fully saturated rings. The summed E-state index contributed by atoms with van der Waals surface area (Å²) >= 11 is 0.